The Morgan fingerprint density at radius 1 is 1.14 bits per heavy atom. The molecule has 21 heavy (non-hydrogen) atoms. The first-order valence-electron chi connectivity index (χ1n) is 7.13. The molecular weight excluding hydrogens is 268 g/mol. The lowest BCUT2D eigenvalue weighted by atomic mass is 10.1. The maximum Gasteiger partial charge on any atom is 0.338 e. The lowest BCUT2D eigenvalue weighted by Crippen LogP contribution is -2.39. The van der Waals surface area contributed by atoms with E-state index in [0.717, 1.165) is 0 Å². The Labute approximate surface area is 125 Å². The second kappa shape index (κ2) is 6.41. The molecule has 0 aliphatic carbocycles. The van der Waals surface area contributed by atoms with Crippen molar-refractivity contribution in [2.24, 2.45) is 0 Å². The fraction of sp³-hybridized carbons (Fsp3) is 0.471. The molecule has 0 unspecified atom stereocenters. The predicted octanol–water partition coefficient (Wildman–Crippen LogP) is 3.33. The molecule has 1 aromatic carbocycles. The van der Waals surface area contributed by atoms with Crippen LogP contribution in [0.5, 0.6) is 0 Å². The molecule has 0 radical (unpaired) electrons. The van der Waals surface area contributed by atoms with Crippen LogP contribution in [0.1, 0.15) is 38.1 Å². The van der Waals surface area contributed by atoms with Gasteiger partial charge >= 0.3 is 5.97 Å². The van der Waals surface area contributed by atoms with Gasteiger partial charge in [-0.2, -0.15) is 0 Å². The largest absolute Gasteiger partial charge is 0.452 e. The van der Waals surface area contributed by atoms with Crippen LogP contribution >= 0.6 is 0 Å². The SMILES string of the molecule is C[C@@H]1O[C@@H](OC(C)(C)C)C=C[C@@H]1OC(=O)c1ccccc1. The van der Waals surface area contributed by atoms with Crippen molar-refractivity contribution in [3.8, 4) is 0 Å². The number of benzene rings is 1. The Bertz CT molecular complexity index is 501. The zero-order valence-electron chi connectivity index (χ0n) is 12.9. The summed E-state index contributed by atoms with van der Waals surface area (Å²) in [4.78, 5) is 12.0. The van der Waals surface area contributed by atoms with Crippen molar-refractivity contribution in [2.75, 3.05) is 0 Å². The third-order valence-corrected chi connectivity index (χ3v) is 2.99. The summed E-state index contributed by atoms with van der Waals surface area (Å²) < 4.78 is 16.9. The third-order valence-electron chi connectivity index (χ3n) is 2.99. The van der Waals surface area contributed by atoms with Gasteiger partial charge in [-0.3, -0.25) is 0 Å². The second-order valence-corrected chi connectivity index (χ2v) is 6.06. The quantitative estimate of drug-likeness (QED) is 0.632. The molecule has 3 atom stereocenters. The average Bonchev–Trinajstić information content (AvgIpc) is 2.41. The minimum atomic E-state index is -0.410. The topological polar surface area (TPSA) is 44.8 Å². The smallest absolute Gasteiger partial charge is 0.338 e. The average molecular weight is 290 g/mol. The standard InChI is InChI=1S/C17H22O4/c1-12-14(10-11-15(19-12)21-17(2,3)4)20-16(18)13-8-6-5-7-9-13/h5-12,14-15H,1-4H3/t12-,14-,15-/m0/s1. The van der Waals surface area contributed by atoms with E-state index in [1.807, 2.05) is 39.8 Å². The molecule has 1 aromatic rings. The first kappa shape index (κ1) is 15.7. The Morgan fingerprint density at radius 2 is 1.81 bits per heavy atom. The number of rotatable bonds is 3. The minimum absolute atomic E-state index is 0.255. The molecular formula is C17H22O4. The molecule has 0 amide bonds. The van der Waals surface area contributed by atoms with Gasteiger partial charge in [0.1, 0.15) is 6.10 Å². The van der Waals surface area contributed by atoms with Crippen LogP contribution < -0.4 is 0 Å². The summed E-state index contributed by atoms with van der Waals surface area (Å²) in [7, 11) is 0. The number of carbonyl (C=O) groups is 1. The van der Waals surface area contributed by atoms with E-state index in [2.05, 4.69) is 0 Å². The Hall–Kier alpha value is -1.65. The molecule has 114 valence electrons. The van der Waals surface area contributed by atoms with Gasteiger partial charge < -0.3 is 14.2 Å². The zero-order valence-corrected chi connectivity index (χ0v) is 12.9. The molecule has 1 aliphatic rings. The number of carbonyl (C=O) groups excluding carboxylic acids is 1. The molecule has 0 saturated carbocycles. The molecule has 4 heteroatoms. The summed E-state index contributed by atoms with van der Waals surface area (Å²) >= 11 is 0. The Kier molecular flexibility index (Phi) is 4.80. The minimum Gasteiger partial charge on any atom is -0.452 e. The van der Waals surface area contributed by atoms with E-state index in [1.165, 1.54) is 0 Å². The van der Waals surface area contributed by atoms with Crippen molar-refractivity contribution in [3.63, 3.8) is 0 Å². The molecule has 1 aliphatic heterocycles. The van der Waals surface area contributed by atoms with Gasteiger partial charge in [0.15, 0.2) is 6.29 Å². The normalized spacial score (nSPS) is 25.6. The zero-order chi connectivity index (χ0) is 15.5. The van der Waals surface area contributed by atoms with Gasteiger partial charge in [0.05, 0.1) is 17.3 Å². The van der Waals surface area contributed by atoms with Gasteiger partial charge in [-0.25, -0.2) is 4.79 Å². The molecule has 0 bridgehead atoms. The maximum absolute atomic E-state index is 12.0. The number of hydrogen-bond acceptors (Lipinski definition) is 4. The summed E-state index contributed by atoms with van der Waals surface area (Å²) in [6.07, 6.45) is 2.54. The number of hydrogen-bond donors (Lipinski definition) is 0. The van der Waals surface area contributed by atoms with Crippen molar-refractivity contribution in [3.05, 3.63) is 48.0 Å². The van der Waals surface area contributed by atoms with Gasteiger partial charge in [-0.15, -0.1) is 0 Å². The van der Waals surface area contributed by atoms with Crippen molar-refractivity contribution < 1.29 is 19.0 Å². The van der Waals surface area contributed by atoms with E-state index in [4.69, 9.17) is 14.2 Å². The highest BCUT2D eigenvalue weighted by molar-refractivity contribution is 5.89. The predicted molar refractivity (Wildman–Crippen MR) is 80.0 cm³/mol. The highest BCUT2D eigenvalue weighted by Crippen LogP contribution is 2.21. The molecule has 0 N–H and O–H groups in total. The van der Waals surface area contributed by atoms with E-state index in [9.17, 15) is 4.79 Å². The molecule has 0 aromatic heterocycles. The highest BCUT2D eigenvalue weighted by Gasteiger charge is 2.29. The Balaban J connectivity index is 1.96. The third kappa shape index (κ3) is 4.69. The highest BCUT2D eigenvalue weighted by atomic mass is 16.7. The number of ether oxygens (including phenoxy) is 3. The van der Waals surface area contributed by atoms with E-state index in [1.54, 1.807) is 30.3 Å². The summed E-state index contributed by atoms with van der Waals surface area (Å²) in [6, 6.07) is 8.93. The first-order chi connectivity index (χ1) is 9.85. The van der Waals surface area contributed by atoms with E-state index in [-0.39, 0.29) is 17.7 Å². The van der Waals surface area contributed by atoms with Crippen molar-refractivity contribution in [2.45, 2.75) is 51.8 Å². The van der Waals surface area contributed by atoms with Crippen molar-refractivity contribution in [1.82, 2.24) is 0 Å². The van der Waals surface area contributed by atoms with Crippen LogP contribution in [-0.4, -0.2) is 30.1 Å². The van der Waals surface area contributed by atoms with Crippen LogP contribution in [0.2, 0.25) is 0 Å². The molecule has 2 rings (SSSR count). The van der Waals surface area contributed by atoms with Crippen LogP contribution in [0, 0.1) is 0 Å². The second-order valence-electron chi connectivity index (χ2n) is 6.06. The van der Waals surface area contributed by atoms with Crippen LogP contribution in [0.15, 0.2) is 42.5 Å². The lowest BCUT2D eigenvalue weighted by Gasteiger charge is -2.33. The van der Waals surface area contributed by atoms with E-state index >= 15 is 0 Å². The van der Waals surface area contributed by atoms with Gasteiger partial charge in [-0.05, 0) is 52.0 Å². The summed E-state index contributed by atoms with van der Waals surface area (Å²) in [5.41, 5.74) is 0.244. The van der Waals surface area contributed by atoms with Gasteiger partial charge in [-0.1, -0.05) is 18.2 Å². The molecule has 0 saturated heterocycles. The molecule has 4 nitrogen and oxygen atoms in total. The fourth-order valence-electron chi connectivity index (χ4n) is 2.01. The summed E-state index contributed by atoms with van der Waals surface area (Å²) in [5, 5.41) is 0. The van der Waals surface area contributed by atoms with Gasteiger partial charge in [0.2, 0.25) is 0 Å². The van der Waals surface area contributed by atoms with Crippen LogP contribution in [0.25, 0.3) is 0 Å². The summed E-state index contributed by atoms with van der Waals surface area (Å²) in [6.45, 7) is 7.77. The van der Waals surface area contributed by atoms with Crippen LogP contribution in [0.4, 0.5) is 0 Å². The molecule has 0 spiro atoms. The fourth-order valence-corrected chi connectivity index (χ4v) is 2.01. The van der Waals surface area contributed by atoms with Crippen molar-refractivity contribution in [1.29, 1.82) is 0 Å². The molecule has 1 heterocycles. The van der Waals surface area contributed by atoms with Crippen LogP contribution in [0.3, 0.4) is 0 Å². The summed E-state index contributed by atoms with van der Waals surface area (Å²) in [5.74, 6) is -0.351. The van der Waals surface area contributed by atoms with Crippen molar-refractivity contribution >= 4 is 5.97 Å². The van der Waals surface area contributed by atoms with E-state index in [0.29, 0.717) is 5.56 Å². The van der Waals surface area contributed by atoms with Gasteiger partial charge in [0, 0.05) is 0 Å². The maximum atomic E-state index is 12.0. The monoisotopic (exact) mass is 290 g/mol. The Morgan fingerprint density at radius 3 is 2.38 bits per heavy atom. The lowest BCUT2D eigenvalue weighted by molar-refractivity contribution is -0.205. The number of esters is 1. The first-order valence-corrected chi connectivity index (χ1v) is 7.13. The van der Waals surface area contributed by atoms with Gasteiger partial charge in [0.25, 0.3) is 0 Å². The van der Waals surface area contributed by atoms with Crippen LogP contribution in [-0.2, 0) is 14.2 Å². The van der Waals surface area contributed by atoms with E-state index < -0.39 is 12.4 Å². The molecule has 0 fully saturated rings.